The molecule has 0 aromatic carbocycles. The highest BCUT2D eigenvalue weighted by molar-refractivity contribution is 4.76. The maximum Gasteiger partial charge on any atom is 0.0748 e. The number of hydrogen-bond donors (Lipinski definition) is 1. The van der Waals surface area contributed by atoms with Gasteiger partial charge < -0.3 is 10.5 Å². The molecule has 0 rings (SSSR count). The highest BCUT2D eigenvalue weighted by atomic mass is 16.5. The number of hydrogen-bond acceptors (Lipinski definition) is 2. The second-order valence-corrected chi connectivity index (χ2v) is 3.97. The number of rotatable bonds is 7. The van der Waals surface area contributed by atoms with Crippen LogP contribution in [0.2, 0.25) is 0 Å². The molecule has 2 unspecified atom stereocenters. The molecule has 0 bridgehead atoms. The summed E-state index contributed by atoms with van der Waals surface area (Å²) in [5.74, 6) is 0.520. The van der Waals surface area contributed by atoms with Gasteiger partial charge in [-0.1, -0.05) is 33.6 Å². The molecular weight excluding hydrogens is 162 g/mol. The summed E-state index contributed by atoms with van der Waals surface area (Å²) in [6.45, 7) is 9.33. The number of nitrogens with two attached hydrogens (primary N) is 1. The third-order valence-corrected chi connectivity index (χ3v) is 2.33. The lowest BCUT2D eigenvalue weighted by Gasteiger charge is -2.27. The molecule has 0 radical (unpaired) electrons. The fourth-order valence-electron chi connectivity index (χ4n) is 1.61. The molecule has 0 spiro atoms. The van der Waals surface area contributed by atoms with Crippen LogP contribution in [0.3, 0.4) is 0 Å². The first-order chi connectivity index (χ1) is 6.13. The Morgan fingerprint density at radius 2 is 1.85 bits per heavy atom. The molecule has 80 valence electrons. The molecule has 0 fully saturated rings. The van der Waals surface area contributed by atoms with Crippen LogP contribution in [-0.2, 0) is 4.74 Å². The van der Waals surface area contributed by atoms with Gasteiger partial charge in [0.25, 0.3) is 0 Å². The second-order valence-electron chi connectivity index (χ2n) is 3.97. The van der Waals surface area contributed by atoms with Gasteiger partial charge in [0.05, 0.1) is 6.10 Å². The van der Waals surface area contributed by atoms with Crippen molar-refractivity contribution in [2.24, 2.45) is 11.7 Å². The molecule has 0 aromatic heterocycles. The fourth-order valence-corrected chi connectivity index (χ4v) is 1.61. The van der Waals surface area contributed by atoms with E-state index in [4.69, 9.17) is 10.5 Å². The van der Waals surface area contributed by atoms with E-state index in [1.807, 2.05) is 6.92 Å². The summed E-state index contributed by atoms with van der Waals surface area (Å²) in [7, 11) is 0. The minimum atomic E-state index is 0.208. The summed E-state index contributed by atoms with van der Waals surface area (Å²) in [6, 6.07) is 0.208. The van der Waals surface area contributed by atoms with E-state index in [0.717, 1.165) is 13.0 Å². The van der Waals surface area contributed by atoms with Gasteiger partial charge in [0.15, 0.2) is 0 Å². The van der Waals surface area contributed by atoms with Gasteiger partial charge in [-0.25, -0.2) is 0 Å². The maximum absolute atomic E-state index is 6.07. The zero-order chi connectivity index (χ0) is 10.3. The lowest BCUT2D eigenvalue weighted by Crippen LogP contribution is -2.40. The molecule has 2 N–H and O–H groups in total. The van der Waals surface area contributed by atoms with E-state index < -0.39 is 0 Å². The van der Waals surface area contributed by atoms with Crippen molar-refractivity contribution in [3.05, 3.63) is 0 Å². The van der Waals surface area contributed by atoms with Crippen molar-refractivity contribution in [3.63, 3.8) is 0 Å². The van der Waals surface area contributed by atoms with Crippen LogP contribution in [-0.4, -0.2) is 18.8 Å². The maximum atomic E-state index is 6.07. The summed E-state index contributed by atoms with van der Waals surface area (Å²) >= 11 is 0. The first kappa shape index (κ1) is 12.9. The highest BCUT2D eigenvalue weighted by Gasteiger charge is 2.20. The van der Waals surface area contributed by atoms with E-state index in [0.29, 0.717) is 5.92 Å². The van der Waals surface area contributed by atoms with E-state index >= 15 is 0 Å². The van der Waals surface area contributed by atoms with Crippen LogP contribution in [0.25, 0.3) is 0 Å². The first-order valence-electron chi connectivity index (χ1n) is 5.50. The smallest absolute Gasteiger partial charge is 0.0748 e. The largest absolute Gasteiger partial charge is 0.377 e. The molecule has 0 saturated carbocycles. The van der Waals surface area contributed by atoms with Crippen molar-refractivity contribution in [2.75, 3.05) is 6.61 Å². The van der Waals surface area contributed by atoms with E-state index in [-0.39, 0.29) is 12.1 Å². The summed E-state index contributed by atoms with van der Waals surface area (Å²) in [5, 5.41) is 0. The van der Waals surface area contributed by atoms with Gasteiger partial charge in [-0.2, -0.15) is 0 Å². The second kappa shape index (κ2) is 7.34. The normalized spacial score (nSPS) is 16.2. The van der Waals surface area contributed by atoms with Crippen LogP contribution in [0, 0.1) is 5.92 Å². The lowest BCUT2D eigenvalue weighted by molar-refractivity contribution is 0.0104. The zero-order valence-corrected chi connectivity index (χ0v) is 9.55. The van der Waals surface area contributed by atoms with Gasteiger partial charge in [0, 0.05) is 12.6 Å². The molecule has 13 heavy (non-hydrogen) atoms. The van der Waals surface area contributed by atoms with Gasteiger partial charge >= 0.3 is 0 Å². The molecule has 0 heterocycles. The molecule has 0 aliphatic heterocycles. The fraction of sp³-hybridized carbons (Fsp3) is 1.00. The first-order valence-corrected chi connectivity index (χ1v) is 5.50. The molecule has 0 aromatic rings. The van der Waals surface area contributed by atoms with Crippen molar-refractivity contribution >= 4 is 0 Å². The summed E-state index contributed by atoms with van der Waals surface area (Å²) in [4.78, 5) is 0. The number of ether oxygens (including phenoxy) is 1. The Morgan fingerprint density at radius 3 is 2.23 bits per heavy atom. The Labute approximate surface area is 82.8 Å². The predicted molar refractivity (Wildman–Crippen MR) is 57.8 cm³/mol. The Bertz CT molecular complexity index is 115. The Hall–Kier alpha value is -0.0800. The zero-order valence-electron chi connectivity index (χ0n) is 9.55. The van der Waals surface area contributed by atoms with E-state index in [2.05, 4.69) is 20.8 Å². The molecule has 0 aliphatic rings. The molecule has 0 saturated heterocycles. The third kappa shape index (κ3) is 5.27. The quantitative estimate of drug-likeness (QED) is 0.665. The minimum Gasteiger partial charge on any atom is -0.377 e. The van der Waals surface area contributed by atoms with E-state index in [9.17, 15) is 0 Å². The van der Waals surface area contributed by atoms with E-state index in [1.54, 1.807) is 0 Å². The van der Waals surface area contributed by atoms with Gasteiger partial charge in [-0.05, 0) is 19.3 Å². The Kier molecular flexibility index (Phi) is 7.29. The van der Waals surface area contributed by atoms with Gasteiger partial charge in [0.1, 0.15) is 0 Å². The molecule has 2 atom stereocenters. The molecule has 2 heteroatoms. The van der Waals surface area contributed by atoms with Crippen LogP contribution in [0.15, 0.2) is 0 Å². The van der Waals surface area contributed by atoms with Crippen molar-refractivity contribution in [1.29, 1.82) is 0 Å². The lowest BCUT2D eigenvalue weighted by atomic mass is 9.96. The van der Waals surface area contributed by atoms with Gasteiger partial charge in [-0.15, -0.1) is 0 Å². The van der Waals surface area contributed by atoms with Crippen molar-refractivity contribution < 1.29 is 4.74 Å². The van der Waals surface area contributed by atoms with Crippen LogP contribution < -0.4 is 5.73 Å². The average molecular weight is 187 g/mol. The summed E-state index contributed by atoms with van der Waals surface area (Å²) in [5.41, 5.74) is 6.07. The molecule has 0 amide bonds. The summed E-state index contributed by atoms with van der Waals surface area (Å²) in [6.07, 6.45) is 3.73. The molecular formula is C11H25NO. The topological polar surface area (TPSA) is 35.2 Å². The SMILES string of the molecule is CCCCC(N)C(OCC)C(C)C. The van der Waals surface area contributed by atoms with Crippen LogP contribution >= 0.6 is 0 Å². The average Bonchev–Trinajstić information content (AvgIpc) is 2.09. The number of unbranched alkanes of at least 4 members (excludes halogenated alkanes) is 1. The Balaban J connectivity index is 3.87. The monoisotopic (exact) mass is 187 g/mol. The molecule has 0 aliphatic carbocycles. The van der Waals surface area contributed by atoms with Gasteiger partial charge in [0.2, 0.25) is 0 Å². The van der Waals surface area contributed by atoms with E-state index in [1.165, 1.54) is 12.8 Å². The van der Waals surface area contributed by atoms with Gasteiger partial charge in [-0.3, -0.25) is 0 Å². The standard InChI is InChI=1S/C11H25NO/c1-5-7-8-10(12)11(9(3)4)13-6-2/h9-11H,5-8,12H2,1-4H3. The predicted octanol–water partition coefficient (Wildman–Crippen LogP) is 2.57. The minimum absolute atomic E-state index is 0.208. The highest BCUT2D eigenvalue weighted by Crippen LogP contribution is 2.14. The van der Waals surface area contributed by atoms with Crippen LogP contribution in [0.5, 0.6) is 0 Å². The van der Waals surface area contributed by atoms with Crippen LogP contribution in [0.1, 0.15) is 47.0 Å². The van der Waals surface area contributed by atoms with Crippen molar-refractivity contribution in [1.82, 2.24) is 0 Å². The Morgan fingerprint density at radius 1 is 1.23 bits per heavy atom. The van der Waals surface area contributed by atoms with Crippen molar-refractivity contribution in [3.8, 4) is 0 Å². The van der Waals surface area contributed by atoms with Crippen LogP contribution in [0.4, 0.5) is 0 Å². The van der Waals surface area contributed by atoms with Crippen molar-refractivity contribution in [2.45, 2.75) is 59.1 Å². The third-order valence-electron chi connectivity index (χ3n) is 2.33. The molecule has 2 nitrogen and oxygen atoms in total. The summed E-state index contributed by atoms with van der Waals surface area (Å²) < 4.78 is 5.64.